The van der Waals surface area contributed by atoms with E-state index in [1.807, 2.05) is 0 Å². The molecular weight excluding hydrogens is 274 g/mol. The Morgan fingerprint density at radius 1 is 1.52 bits per heavy atom. The molecule has 1 aliphatic rings. The number of amides is 1. The topological polar surface area (TPSA) is 84.7 Å². The highest BCUT2D eigenvalue weighted by Gasteiger charge is 2.22. The maximum Gasteiger partial charge on any atom is 0.348 e. The molecule has 0 bridgehead atoms. The third-order valence-corrected chi connectivity index (χ3v) is 3.59. The molecule has 1 fully saturated rings. The van der Waals surface area contributed by atoms with E-state index in [9.17, 15) is 14.7 Å². The van der Waals surface area contributed by atoms with Crippen LogP contribution in [0.25, 0.3) is 0 Å². The Labute approximate surface area is 123 Å². The summed E-state index contributed by atoms with van der Waals surface area (Å²) in [6.45, 7) is 5.30. The third-order valence-electron chi connectivity index (χ3n) is 3.59. The average molecular weight is 295 g/mol. The van der Waals surface area contributed by atoms with Gasteiger partial charge in [-0.05, 0) is 19.9 Å². The van der Waals surface area contributed by atoms with Crippen molar-refractivity contribution in [2.24, 2.45) is 5.92 Å². The van der Waals surface area contributed by atoms with Gasteiger partial charge in [-0.2, -0.15) is 4.98 Å². The summed E-state index contributed by atoms with van der Waals surface area (Å²) in [7, 11) is 0. The van der Waals surface area contributed by atoms with Crippen LogP contribution in [0.5, 0.6) is 0 Å². The summed E-state index contributed by atoms with van der Waals surface area (Å²) in [5, 5.41) is 9.24. The highest BCUT2D eigenvalue weighted by Crippen LogP contribution is 2.08. The number of aromatic nitrogens is 2. The lowest BCUT2D eigenvalue weighted by molar-refractivity contribution is -0.132. The van der Waals surface area contributed by atoms with Gasteiger partial charge < -0.3 is 14.7 Å². The lowest BCUT2D eigenvalue weighted by Crippen LogP contribution is -2.41. The van der Waals surface area contributed by atoms with E-state index in [0.717, 1.165) is 0 Å². The summed E-state index contributed by atoms with van der Waals surface area (Å²) < 4.78 is 6.73. The predicted molar refractivity (Wildman–Crippen MR) is 75.9 cm³/mol. The van der Waals surface area contributed by atoms with Crippen LogP contribution in [-0.4, -0.2) is 58.4 Å². The Kier molecular flexibility index (Phi) is 5.08. The van der Waals surface area contributed by atoms with Crippen molar-refractivity contribution in [3.63, 3.8) is 0 Å². The second-order valence-electron chi connectivity index (χ2n) is 5.37. The first-order valence-corrected chi connectivity index (χ1v) is 7.02. The number of carbonyl (C=O) groups excluding carboxylic acids is 1. The van der Waals surface area contributed by atoms with Crippen LogP contribution >= 0.6 is 0 Å². The molecule has 0 radical (unpaired) electrons. The number of aryl methyl sites for hydroxylation is 2. The highest BCUT2D eigenvalue weighted by atomic mass is 16.5. The van der Waals surface area contributed by atoms with Gasteiger partial charge >= 0.3 is 5.69 Å². The number of hydrogen-bond donors (Lipinski definition) is 1. The SMILES string of the molecule is Cc1cc(C)n(CC(=O)N2CCOC[C@H](CO)C2)c(=O)n1. The normalized spacial score (nSPS) is 19.4. The van der Waals surface area contributed by atoms with Crippen LogP contribution in [-0.2, 0) is 16.1 Å². The largest absolute Gasteiger partial charge is 0.396 e. The summed E-state index contributed by atoms with van der Waals surface area (Å²) in [6.07, 6.45) is 0. The van der Waals surface area contributed by atoms with Gasteiger partial charge in [-0.25, -0.2) is 4.79 Å². The second kappa shape index (κ2) is 6.82. The van der Waals surface area contributed by atoms with Crippen molar-refractivity contribution >= 4 is 5.91 Å². The zero-order valence-corrected chi connectivity index (χ0v) is 12.4. The Morgan fingerprint density at radius 2 is 2.29 bits per heavy atom. The lowest BCUT2D eigenvalue weighted by Gasteiger charge is -2.23. The molecule has 2 heterocycles. The Balaban J connectivity index is 2.12. The first-order chi connectivity index (χ1) is 10.0. The zero-order valence-electron chi connectivity index (χ0n) is 12.4. The van der Waals surface area contributed by atoms with Crippen LogP contribution in [0.2, 0.25) is 0 Å². The molecule has 7 heteroatoms. The number of ether oxygens (including phenoxy) is 1. The highest BCUT2D eigenvalue weighted by molar-refractivity contribution is 5.76. The minimum absolute atomic E-state index is 0.0190. The van der Waals surface area contributed by atoms with Crippen molar-refractivity contribution in [2.75, 3.05) is 32.9 Å². The molecular formula is C14H21N3O4. The van der Waals surface area contributed by atoms with Gasteiger partial charge in [0.15, 0.2) is 0 Å². The van der Waals surface area contributed by atoms with Gasteiger partial charge in [0.05, 0.1) is 13.2 Å². The van der Waals surface area contributed by atoms with Crippen molar-refractivity contribution < 1.29 is 14.6 Å². The van der Waals surface area contributed by atoms with Crippen molar-refractivity contribution in [3.8, 4) is 0 Å². The van der Waals surface area contributed by atoms with Gasteiger partial charge in [-0.1, -0.05) is 0 Å². The van der Waals surface area contributed by atoms with Crippen molar-refractivity contribution in [1.29, 1.82) is 0 Å². The molecule has 2 rings (SSSR count). The summed E-state index contributed by atoms with van der Waals surface area (Å²) in [5.74, 6) is -0.236. The van der Waals surface area contributed by atoms with E-state index >= 15 is 0 Å². The molecule has 0 unspecified atom stereocenters. The van der Waals surface area contributed by atoms with Gasteiger partial charge in [0.25, 0.3) is 0 Å². The maximum atomic E-state index is 12.4. The van der Waals surface area contributed by atoms with Crippen LogP contribution in [0.4, 0.5) is 0 Å². The number of aliphatic hydroxyl groups excluding tert-OH is 1. The lowest BCUT2D eigenvalue weighted by atomic mass is 10.1. The number of hydrogen-bond acceptors (Lipinski definition) is 5. The first-order valence-electron chi connectivity index (χ1n) is 7.02. The first kappa shape index (κ1) is 15.7. The Bertz CT molecular complexity index is 570. The van der Waals surface area contributed by atoms with Crippen LogP contribution in [0.3, 0.4) is 0 Å². The molecule has 1 N–H and O–H groups in total. The van der Waals surface area contributed by atoms with Gasteiger partial charge in [0.1, 0.15) is 6.54 Å². The standard InChI is InChI=1S/C14H21N3O4/c1-10-5-11(2)17(14(20)15-10)7-13(19)16-3-4-21-9-12(6-16)8-18/h5,12,18H,3-4,6-9H2,1-2H3/t12-/m0/s1. The van der Waals surface area contributed by atoms with Crippen LogP contribution in [0.15, 0.2) is 10.9 Å². The fourth-order valence-corrected chi connectivity index (χ4v) is 2.42. The minimum Gasteiger partial charge on any atom is -0.396 e. The smallest absolute Gasteiger partial charge is 0.348 e. The molecule has 116 valence electrons. The number of nitrogens with zero attached hydrogens (tertiary/aromatic N) is 3. The minimum atomic E-state index is -0.411. The van der Waals surface area contributed by atoms with E-state index in [0.29, 0.717) is 37.7 Å². The summed E-state index contributed by atoms with van der Waals surface area (Å²) in [5.41, 5.74) is 0.945. The van der Waals surface area contributed by atoms with E-state index in [1.54, 1.807) is 24.8 Å². The fraction of sp³-hybridized carbons (Fsp3) is 0.643. The zero-order chi connectivity index (χ0) is 15.4. The Morgan fingerprint density at radius 3 is 2.95 bits per heavy atom. The maximum absolute atomic E-state index is 12.4. The number of rotatable bonds is 3. The van der Waals surface area contributed by atoms with E-state index in [4.69, 9.17) is 4.74 Å². The van der Waals surface area contributed by atoms with Gasteiger partial charge in [0.2, 0.25) is 5.91 Å². The monoisotopic (exact) mass is 295 g/mol. The van der Waals surface area contributed by atoms with Crippen molar-refractivity contribution in [3.05, 3.63) is 27.9 Å². The van der Waals surface area contributed by atoms with Crippen LogP contribution in [0.1, 0.15) is 11.4 Å². The second-order valence-corrected chi connectivity index (χ2v) is 5.37. The van der Waals surface area contributed by atoms with E-state index < -0.39 is 5.69 Å². The summed E-state index contributed by atoms with van der Waals surface area (Å²) >= 11 is 0. The van der Waals surface area contributed by atoms with E-state index in [2.05, 4.69) is 4.98 Å². The average Bonchev–Trinajstić information content (AvgIpc) is 2.68. The van der Waals surface area contributed by atoms with Crippen LogP contribution < -0.4 is 5.69 Å². The quantitative estimate of drug-likeness (QED) is 0.799. The molecule has 0 aromatic carbocycles. The molecule has 0 saturated carbocycles. The van der Waals surface area contributed by atoms with Gasteiger partial charge in [0, 0.05) is 37.0 Å². The third kappa shape index (κ3) is 3.89. The molecule has 0 spiro atoms. The molecule has 1 saturated heterocycles. The number of aliphatic hydroxyl groups is 1. The van der Waals surface area contributed by atoms with Crippen LogP contribution in [0, 0.1) is 19.8 Å². The van der Waals surface area contributed by atoms with Crippen molar-refractivity contribution in [2.45, 2.75) is 20.4 Å². The molecule has 1 aliphatic heterocycles. The molecule has 1 amide bonds. The molecule has 7 nitrogen and oxygen atoms in total. The fourth-order valence-electron chi connectivity index (χ4n) is 2.42. The van der Waals surface area contributed by atoms with Crippen molar-refractivity contribution in [1.82, 2.24) is 14.5 Å². The Hall–Kier alpha value is -1.73. The summed E-state index contributed by atoms with van der Waals surface area (Å²) in [4.78, 5) is 29.7. The molecule has 21 heavy (non-hydrogen) atoms. The van der Waals surface area contributed by atoms with E-state index in [-0.39, 0.29) is 25.0 Å². The predicted octanol–water partition coefficient (Wildman–Crippen LogP) is -0.673. The van der Waals surface area contributed by atoms with Gasteiger partial charge in [-0.15, -0.1) is 0 Å². The summed E-state index contributed by atoms with van der Waals surface area (Å²) in [6, 6.07) is 1.77. The molecule has 0 aliphatic carbocycles. The number of carbonyl (C=O) groups is 1. The van der Waals surface area contributed by atoms with E-state index in [1.165, 1.54) is 4.57 Å². The molecule has 1 aromatic heterocycles. The van der Waals surface area contributed by atoms with Gasteiger partial charge in [-0.3, -0.25) is 9.36 Å². The molecule has 1 aromatic rings. The molecule has 1 atom stereocenters.